The summed E-state index contributed by atoms with van der Waals surface area (Å²) in [6.45, 7) is 6.23. The summed E-state index contributed by atoms with van der Waals surface area (Å²) in [4.78, 5) is 13.8. The molecule has 0 aromatic heterocycles. The molecule has 0 radical (unpaired) electrons. The number of likely N-dealkylation sites (tertiary alicyclic amines) is 1. The Morgan fingerprint density at radius 3 is 1.86 bits per heavy atom. The van der Waals surface area contributed by atoms with E-state index in [9.17, 15) is 36.2 Å². The minimum Gasteiger partial charge on any atom is -0.481 e. The summed E-state index contributed by atoms with van der Waals surface area (Å²) in [7, 11) is 0. The zero-order valence-corrected chi connectivity index (χ0v) is 21.1. The third-order valence-electron chi connectivity index (χ3n) is 7.44. The third-order valence-corrected chi connectivity index (χ3v) is 7.44. The summed E-state index contributed by atoms with van der Waals surface area (Å²) in [6, 6.07) is 9.35. The molecule has 0 bridgehead atoms. The van der Waals surface area contributed by atoms with E-state index in [4.69, 9.17) is 0 Å². The maximum absolute atomic E-state index is 13.2. The predicted octanol–water partition coefficient (Wildman–Crippen LogP) is 8.38. The lowest BCUT2D eigenvalue weighted by Gasteiger charge is -2.45. The molecule has 1 heterocycles. The molecule has 1 fully saturated rings. The minimum atomic E-state index is -4.48. The second-order valence-electron chi connectivity index (χ2n) is 10.4. The summed E-state index contributed by atoms with van der Waals surface area (Å²) in [5.74, 6) is -1.39. The summed E-state index contributed by atoms with van der Waals surface area (Å²) in [5, 5.41) is 9.58. The normalized spacial score (nSPS) is 21.1. The summed E-state index contributed by atoms with van der Waals surface area (Å²) >= 11 is 0. The first-order valence-electron chi connectivity index (χ1n) is 12.5. The molecule has 1 unspecified atom stereocenters. The van der Waals surface area contributed by atoms with Gasteiger partial charge in [-0.25, -0.2) is 0 Å². The SMILES string of the molecule is CC(C)CC[C@H](c1ccc(C(F)(F)F)cc1)N1CC[C@@H](C(C)C(=O)O)C[C@H]1c1ccc(C(F)(F)F)cc1. The molecular weight excluding hydrogens is 496 g/mol. The standard InChI is InChI=1S/C28H33F6NO2/c1-17(2)4-13-24(19-5-9-22(10-6-19)27(29,30)31)35-15-14-21(18(3)26(36)37)16-25(35)20-7-11-23(12-8-20)28(32,33)34/h5-12,17-18,21,24-25H,4,13-16H2,1-3H3,(H,36,37)/t18?,21-,24-,25+/m1/s1. The van der Waals surface area contributed by atoms with Crippen LogP contribution in [-0.4, -0.2) is 22.5 Å². The van der Waals surface area contributed by atoms with E-state index in [0.29, 0.717) is 42.9 Å². The van der Waals surface area contributed by atoms with Gasteiger partial charge >= 0.3 is 18.3 Å². The average Bonchev–Trinajstić information content (AvgIpc) is 2.83. The first kappa shape index (κ1) is 29.0. The van der Waals surface area contributed by atoms with Crippen LogP contribution in [0.15, 0.2) is 48.5 Å². The number of benzene rings is 2. The molecule has 3 nitrogen and oxygen atoms in total. The van der Waals surface area contributed by atoms with Crippen LogP contribution < -0.4 is 0 Å². The van der Waals surface area contributed by atoms with Gasteiger partial charge in [-0.2, -0.15) is 26.3 Å². The van der Waals surface area contributed by atoms with Crippen molar-refractivity contribution in [3.63, 3.8) is 0 Å². The Morgan fingerprint density at radius 2 is 1.41 bits per heavy atom. The fourth-order valence-corrected chi connectivity index (χ4v) is 5.17. The van der Waals surface area contributed by atoms with Gasteiger partial charge in [-0.3, -0.25) is 9.69 Å². The van der Waals surface area contributed by atoms with Crippen molar-refractivity contribution in [1.29, 1.82) is 0 Å². The van der Waals surface area contributed by atoms with Crippen LogP contribution in [0.1, 0.15) is 80.8 Å². The zero-order chi connectivity index (χ0) is 27.5. The van der Waals surface area contributed by atoms with E-state index in [1.807, 2.05) is 0 Å². The topological polar surface area (TPSA) is 40.5 Å². The number of carbonyl (C=O) groups is 1. The van der Waals surface area contributed by atoms with Crippen molar-refractivity contribution in [2.75, 3.05) is 6.54 Å². The van der Waals surface area contributed by atoms with E-state index < -0.39 is 35.4 Å². The summed E-state index contributed by atoms with van der Waals surface area (Å²) < 4.78 is 79.1. The van der Waals surface area contributed by atoms with Crippen molar-refractivity contribution < 1.29 is 36.2 Å². The molecule has 0 spiro atoms. The van der Waals surface area contributed by atoms with E-state index in [0.717, 1.165) is 30.7 Å². The first-order valence-corrected chi connectivity index (χ1v) is 12.5. The highest BCUT2D eigenvalue weighted by Gasteiger charge is 2.39. The number of hydrogen-bond acceptors (Lipinski definition) is 2. The van der Waals surface area contributed by atoms with Crippen LogP contribution in [0.3, 0.4) is 0 Å². The lowest BCUT2D eigenvalue weighted by atomic mass is 9.78. The fourth-order valence-electron chi connectivity index (χ4n) is 5.17. The van der Waals surface area contributed by atoms with E-state index in [2.05, 4.69) is 18.7 Å². The monoisotopic (exact) mass is 529 g/mol. The molecule has 0 saturated carbocycles. The van der Waals surface area contributed by atoms with Crippen LogP contribution in [0.5, 0.6) is 0 Å². The molecule has 4 atom stereocenters. The van der Waals surface area contributed by atoms with Gasteiger partial charge in [0, 0.05) is 12.1 Å². The number of halogens is 6. The van der Waals surface area contributed by atoms with Crippen LogP contribution in [0.2, 0.25) is 0 Å². The molecule has 204 valence electrons. The van der Waals surface area contributed by atoms with Crippen LogP contribution in [0.25, 0.3) is 0 Å². The van der Waals surface area contributed by atoms with Gasteiger partial charge in [0.25, 0.3) is 0 Å². The van der Waals surface area contributed by atoms with Crippen molar-refractivity contribution in [3.8, 4) is 0 Å². The number of carboxylic acids is 1. The Morgan fingerprint density at radius 1 is 0.892 bits per heavy atom. The molecular formula is C28H33F6NO2. The quantitative estimate of drug-likeness (QED) is 0.349. The first-order chi connectivity index (χ1) is 17.2. The highest BCUT2D eigenvalue weighted by atomic mass is 19.4. The van der Waals surface area contributed by atoms with Crippen molar-refractivity contribution in [2.45, 2.75) is 70.9 Å². The number of alkyl halides is 6. The number of rotatable bonds is 8. The largest absolute Gasteiger partial charge is 0.481 e. The Bertz CT molecular complexity index is 1030. The lowest BCUT2D eigenvalue weighted by Crippen LogP contribution is -2.42. The van der Waals surface area contributed by atoms with Crippen molar-refractivity contribution in [1.82, 2.24) is 4.90 Å². The van der Waals surface area contributed by atoms with Crippen LogP contribution >= 0.6 is 0 Å². The number of nitrogens with zero attached hydrogens (tertiary/aromatic N) is 1. The summed E-state index contributed by atoms with van der Waals surface area (Å²) in [6.07, 6.45) is -6.48. The van der Waals surface area contributed by atoms with Crippen molar-refractivity contribution in [2.24, 2.45) is 17.8 Å². The molecule has 37 heavy (non-hydrogen) atoms. The number of aliphatic carboxylic acids is 1. The van der Waals surface area contributed by atoms with Crippen LogP contribution in [0.4, 0.5) is 26.3 Å². The molecule has 9 heteroatoms. The number of hydrogen-bond donors (Lipinski definition) is 1. The van der Waals surface area contributed by atoms with Gasteiger partial charge in [0.2, 0.25) is 0 Å². The maximum atomic E-state index is 13.2. The van der Waals surface area contributed by atoms with Crippen LogP contribution in [0, 0.1) is 17.8 Å². The highest BCUT2D eigenvalue weighted by molar-refractivity contribution is 5.69. The second-order valence-corrected chi connectivity index (χ2v) is 10.4. The van der Waals surface area contributed by atoms with Gasteiger partial charge < -0.3 is 5.11 Å². The summed E-state index contributed by atoms with van der Waals surface area (Å²) in [5.41, 5.74) is -0.174. The predicted molar refractivity (Wildman–Crippen MR) is 129 cm³/mol. The van der Waals surface area contributed by atoms with E-state index in [1.54, 1.807) is 6.92 Å². The van der Waals surface area contributed by atoms with Gasteiger partial charge in [-0.15, -0.1) is 0 Å². The molecule has 2 aromatic rings. The van der Waals surface area contributed by atoms with Crippen molar-refractivity contribution in [3.05, 3.63) is 70.8 Å². The maximum Gasteiger partial charge on any atom is 0.416 e. The minimum absolute atomic E-state index is 0.181. The molecule has 2 aromatic carbocycles. The molecule has 0 aliphatic carbocycles. The molecule has 0 amide bonds. The molecule has 1 aliphatic rings. The van der Waals surface area contributed by atoms with Gasteiger partial charge in [0.05, 0.1) is 17.0 Å². The molecule has 1 N–H and O–H groups in total. The van der Waals surface area contributed by atoms with Gasteiger partial charge in [-0.05, 0) is 79.5 Å². The molecule has 1 aliphatic heterocycles. The second kappa shape index (κ2) is 11.5. The van der Waals surface area contributed by atoms with E-state index in [1.165, 1.54) is 24.3 Å². The zero-order valence-electron chi connectivity index (χ0n) is 21.1. The molecule has 1 saturated heterocycles. The van der Waals surface area contributed by atoms with Crippen LogP contribution in [-0.2, 0) is 17.1 Å². The van der Waals surface area contributed by atoms with Gasteiger partial charge in [-0.1, -0.05) is 45.0 Å². The highest BCUT2D eigenvalue weighted by Crippen LogP contribution is 2.44. The van der Waals surface area contributed by atoms with E-state index in [-0.39, 0.29) is 18.0 Å². The average molecular weight is 530 g/mol. The fraction of sp³-hybridized carbons (Fsp3) is 0.536. The smallest absolute Gasteiger partial charge is 0.416 e. The Balaban J connectivity index is 2.02. The Kier molecular flexibility index (Phi) is 8.98. The molecule has 3 rings (SSSR count). The number of piperidine rings is 1. The Labute approximate surface area is 213 Å². The van der Waals surface area contributed by atoms with E-state index >= 15 is 0 Å². The van der Waals surface area contributed by atoms with Crippen molar-refractivity contribution >= 4 is 5.97 Å². The third kappa shape index (κ3) is 7.27. The lowest BCUT2D eigenvalue weighted by molar-refractivity contribution is -0.144. The van der Waals surface area contributed by atoms with Gasteiger partial charge in [0.1, 0.15) is 0 Å². The van der Waals surface area contributed by atoms with Gasteiger partial charge in [0.15, 0.2) is 0 Å². The number of carboxylic acid groups (broad SMARTS) is 1. The Hall–Kier alpha value is -2.55.